The smallest absolute Gasteiger partial charge is 0.330 e. The second-order valence-electron chi connectivity index (χ2n) is 9.79. The number of piperidine rings is 1. The van der Waals surface area contributed by atoms with Crippen molar-refractivity contribution < 1.29 is 0 Å². The van der Waals surface area contributed by atoms with Crippen LogP contribution in [0.4, 0.5) is 5.95 Å². The summed E-state index contributed by atoms with van der Waals surface area (Å²) in [5, 5.41) is 1.26. The molecule has 188 valence electrons. The van der Waals surface area contributed by atoms with Crippen LogP contribution in [0.25, 0.3) is 21.9 Å². The van der Waals surface area contributed by atoms with Gasteiger partial charge in [0.15, 0.2) is 11.2 Å². The van der Waals surface area contributed by atoms with Crippen LogP contribution < -0.4 is 27.4 Å². The number of nitrogens with zero attached hydrogens (tertiary/aromatic N) is 5. The minimum Gasteiger partial charge on any atom is -0.341 e. The first-order chi connectivity index (χ1) is 17.2. The molecule has 4 heterocycles. The topological polar surface area (TPSA) is 124 Å². The average molecular weight is 490 g/mol. The van der Waals surface area contributed by atoms with Crippen LogP contribution in [0.2, 0.25) is 0 Å². The number of imidazole rings is 1. The van der Waals surface area contributed by atoms with Crippen LogP contribution in [-0.2, 0) is 20.1 Å². The highest BCUT2D eigenvalue weighted by atomic mass is 16.2. The molecule has 0 aliphatic carbocycles. The molecule has 0 radical (unpaired) electrons. The fourth-order valence-corrected chi connectivity index (χ4v) is 4.96. The molecule has 1 aromatic carbocycles. The van der Waals surface area contributed by atoms with Gasteiger partial charge in [0.25, 0.3) is 11.1 Å². The fourth-order valence-electron chi connectivity index (χ4n) is 4.96. The van der Waals surface area contributed by atoms with E-state index in [1.807, 2.05) is 36.6 Å². The number of allylic oxidation sites excluding steroid dienone is 2. The van der Waals surface area contributed by atoms with E-state index in [2.05, 4.69) is 14.9 Å². The molecule has 1 atom stereocenters. The van der Waals surface area contributed by atoms with Crippen molar-refractivity contribution in [1.82, 2.24) is 23.7 Å². The average Bonchev–Trinajstić information content (AvgIpc) is 3.21. The number of aromatic amines is 1. The number of benzene rings is 1. The molecule has 4 aromatic rings. The lowest BCUT2D eigenvalue weighted by Crippen LogP contribution is -2.44. The van der Waals surface area contributed by atoms with Gasteiger partial charge in [-0.2, -0.15) is 4.98 Å². The largest absolute Gasteiger partial charge is 0.341 e. The third-order valence-corrected chi connectivity index (χ3v) is 6.79. The molecule has 1 unspecified atom stereocenters. The molecule has 1 saturated heterocycles. The van der Waals surface area contributed by atoms with E-state index in [-0.39, 0.29) is 23.8 Å². The third-order valence-electron chi connectivity index (χ3n) is 6.79. The quantitative estimate of drug-likeness (QED) is 0.411. The van der Waals surface area contributed by atoms with Gasteiger partial charge in [-0.1, -0.05) is 29.8 Å². The summed E-state index contributed by atoms with van der Waals surface area (Å²) in [7, 11) is 1.67. The predicted octanol–water partition coefficient (Wildman–Crippen LogP) is 1.68. The lowest BCUT2D eigenvalue weighted by molar-refractivity contribution is 0.495. The molecule has 5 rings (SSSR count). The van der Waals surface area contributed by atoms with Crippen LogP contribution in [0.1, 0.15) is 32.3 Å². The number of nitrogens with one attached hydrogen (secondary N) is 1. The zero-order valence-corrected chi connectivity index (χ0v) is 20.8. The van der Waals surface area contributed by atoms with Gasteiger partial charge in [0, 0.05) is 44.3 Å². The van der Waals surface area contributed by atoms with Crippen LogP contribution in [0.5, 0.6) is 0 Å². The van der Waals surface area contributed by atoms with Crippen molar-refractivity contribution in [3.63, 3.8) is 0 Å². The first-order valence-electron chi connectivity index (χ1n) is 12.2. The molecule has 3 N–H and O–H groups in total. The van der Waals surface area contributed by atoms with Gasteiger partial charge in [0.2, 0.25) is 5.95 Å². The second-order valence-corrected chi connectivity index (χ2v) is 9.79. The van der Waals surface area contributed by atoms with Crippen LogP contribution in [0, 0.1) is 0 Å². The highest BCUT2D eigenvalue weighted by Gasteiger charge is 2.25. The summed E-state index contributed by atoms with van der Waals surface area (Å²) in [5.74, 6) is 0.635. The van der Waals surface area contributed by atoms with E-state index in [0.717, 1.165) is 25.0 Å². The van der Waals surface area contributed by atoms with Gasteiger partial charge in [-0.25, -0.2) is 4.79 Å². The minimum absolute atomic E-state index is 0.0243. The Labute approximate surface area is 207 Å². The Hall–Kier alpha value is -3.92. The Balaban J connectivity index is 1.70. The molecule has 0 spiro atoms. The Kier molecular flexibility index (Phi) is 6.13. The van der Waals surface area contributed by atoms with E-state index in [1.54, 1.807) is 25.4 Å². The lowest BCUT2D eigenvalue weighted by atomic mass is 10.1. The number of aromatic nitrogens is 5. The van der Waals surface area contributed by atoms with Crippen molar-refractivity contribution in [2.75, 3.05) is 18.0 Å². The number of H-pyrrole nitrogens is 1. The number of aryl methyl sites for hydroxylation is 1. The summed E-state index contributed by atoms with van der Waals surface area (Å²) < 4.78 is 4.53. The van der Waals surface area contributed by atoms with E-state index >= 15 is 0 Å². The molecule has 1 aliphatic heterocycles. The normalized spacial score (nSPS) is 16.1. The van der Waals surface area contributed by atoms with E-state index < -0.39 is 11.2 Å². The van der Waals surface area contributed by atoms with E-state index in [0.29, 0.717) is 40.9 Å². The van der Waals surface area contributed by atoms with Gasteiger partial charge in [0.1, 0.15) is 0 Å². The number of rotatable bonds is 5. The molecule has 36 heavy (non-hydrogen) atoms. The summed E-state index contributed by atoms with van der Waals surface area (Å²) in [6.45, 7) is 5.90. The molecular weight excluding hydrogens is 458 g/mol. The van der Waals surface area contributed by atoms with Crippen molar-refractivity contribution in [3.05, 3.63) is 78.9 Å². The zero-order valence-electron chi connectivity index (χ0n) is 20.8. The Bertz CT molecular complexity index is 1670. The number of nitrogens with two attached hydrogens (primary N) is 1. The van der Waals surface area contributed by atoms with Crippen molar-refractivity contribution >= 4 is 27.9 Å². The monoisotopic (exact) mass is 489 g/mol. The van der Waals surface area contributed by atoms with Gasteiger partial charge < -0.3 is 19.8 Å². The SMILES string of the molecule is CC(C)=CCn1c(N2CCCC(N)C2)nc2[nH]c(=O)n(Cc3cn(C)c(=O)c4ccccc34)c(=O)c21. The minimum atomic E-state index is -0.542. The van der Waals surface area contributed by atoms with E-state index in [4.69, 9.17) is 5.73 Å². The first kappa shape index (κ1) is 23.8. The number of pyridine rings is 1. The third kappa shape index (κ3) is 4.17. The maximum absolute atomic E-state index is 13.8. The lowest BCUT2D eigenvalue weighted by Gasteiger charge is -2.31. The van der Waals surface area contributed by atoms with Crippen LogP contribution in [-0.4, -0.2) is 42.8 Å². The molecule has 0 amide bonds. The molecular formula is C26H31N7O3. The molecule has 3 aromatic heterocycles. The molecule has 10 nitrogen and oxygen atoms in total. The number of hydrogen-bond acceptors (Lipinski definition) is 6. The standard InChI is InChI=1S/C26H31N7O3/c1-16(2)10-12-32-21-22(28-25(32)31-11-6-7-18(27)15-31)29-26(36)33(24(21)35)14-17-13-30(3)23(34)20-9-5-4-8-19(17)20/h4-5,8-10,13,18H,6-7,11-12,14-15,27H2,1-3H3,(H,29,36). The molecule has 0 bridgehead atoms. The van der Waals surface area contributed by atoms with Crippen molar-refractivity contribution in [2.45, 2.75) is 45.8 Å². The first-order valence-corrected chi connectivity index (χ1v) is 12.2. The summed E-state index contributed by atoms with van der Waals surface area (Å²) in [6, 6.07) is 7.26. The Morgan fingerprint density at radius 3 is 2.61 bits per heavy atom. The van der Waals surface area contributed by atoms with E-state index in [1.165, 1.54) is 9.13 Å². The molecule has 1 aliphatic rings. The number of anilines is 1. The van der Waals surface area contributed by atoms with Crippen molar-refractivity contribution in [2.24, 2.45) is 12.8 Å². The van der Waals surface area contributed by atoms with Gasteiger partial charge in [-0.05, 0) is 43.7 Å². The maximum atomic E-state index is 13.8. The Morgan fingerprint density at radius 1 is 1.14 bits per heavy atom. The predicted molar refractivity (Wildman–Crippen MR) is 142 cm³/mol. The second kappa shape index (κ2) is 9.27. The number of hydrogen-bond donors (Lipinski definition) is 2. The van der Waals surface area contributed by atoms with E-state index in [9.17, 15) is 14.4 Å². The van der Waals surface area contributed by atoms with Gasteiger partial charge in [0.05, 0.1) is 6.54 Å². The van der Waals surface area contributed by atoms with Gasteiger partial charge >= 0.3 is 5.69 Å². The molecule has 0 saturated carbocycles. The summed E-state index contributed by atoms with van der Waals surface area (Å²) >= 11 is 0. The number of fused-ring (bicyclic) bond motifs is 2. The van der Waals surface area contributed by atoms with Crippen LogP contribution in [0.15, 0.2) is 56.5 Å². The fraction of sp³-hybridized carbons (Fsp3) is 0.385. The van der Waals surface area contributed by atoms with Crippen molar-refractivity contribution in [3.8, 4) is 0 Å². The van der Waals surface area contributed by atoms with Crippen LogP contribution in [0.3, 0.4) is 0 Å². The maximum Gasteiger partial charge on any atom is 0.330 e. The van der Waals surface area contributed by atoms with Gasteiger partial charge in [-0.15, -0.1) is 0 Å². The Morgan fingerprint density at radius 2 is 1.89 bits per heavy atom. The van der Waals surface area contributed by atoms with Gasteiger partial charge in [-0.3, -0.25) is 19.1 Å². The highest BCUT2D eigenvalue weighted by Crippen LogP contribution is 2.23. The van der Waals surface area contributed by atoms with Crippen LogP contribution >= 0.6 is 0 Å². The zero-order chi connectivity index (χ0) is 25.6. The molecule has 10 heteroatoms. The molecule has 1 fully saturated rings. The highest BCUT2D eigenvalue weighted by molar-refractivity contribution is 5.84. The summed E-state index contributed by atoms with van der Waals surface area (Å²) in [6.07, 6.45) is 5.60. The summed E-state index contributed by atoms with van der Waals surface area (Å²) in [4.78, 5) is 49.1. The van der Waals surface area contributed by atoms with Crippen molar-refractivity contribution in [1.29, 1.82) is 0 Å². The summed E-state index contributed by atoms with van der Waals surface area (Å²) in [5.41, 5.74) is 7.55.